The van der Waals surface area contributed by atoms with Gasteiger partial charge in [-0.2, -0.15) is 11.3 Å². The van der Waals surface area contributed by atoms with Gasteiger partial charge in [0.25, 0.3) is 0 Å². The lowest BCUT2D eigenvalue weighted by atomic mass is 9.78. The molecule has 134 valence electrons. The molecule has 5 heteroatoms. The zero-order chi connectivity index (χ0) is 17.9. The van der Waals surface area contributed by atoms with Gasteiger partial charge < -0.3 is 10.2 Å². The first-order chi connectivity index (χ1) is 12.0. The fourth-order valence-electron chi connectivity index (χ4n) is 3.82. The van der Waals surface area contributed by atoms with Gasteiger partial charge in [0.1, 0.15) is 0 Å². The summed E-state index contributed by atoms with van der Waals surface area (Å²) in [5.41, 5.74) is 1.93. The summed E-state index contributed by atoms with van der Waals surface area (Å²) in [6.45, 7) is 0.623. The monoisotopic (exact) mass is 376 g/mol. The topological polar surface area (TPSA) is 32.3 Å². The summed E-state index contributed by atoms with van der Waals surface area (Å²) >= 11 is 7.72. The predicted octanol–water partition coefficient (Wildman–Crippen LogP) is 4.63. The molecule has 0 radical (unpaired) electrons. The zero-order valence-corrected chi connectivity index (χ0v) is 16.4. The number of hydrogen-bond acceptors (Lipinski definition) is 3. The van der Waals surface area contributed by atoms with Crippen LogP contribution >= 0.6 is 22.9 Å². The molecule has 1 aromatic heterocycles. The highest BCUT2D eigenvalue weighted by molar-refractivity contribution is 7.07. The lowest BCUT2D eigenvalue weighted by Crippen LogP contribution is -2.45. The van der Waals surface area contributed by atoms with E-state index >= 15 is 0 Å². The molecule has 2 aromatic rings. The lowest BCUT2D eigenvalue weighted by molar-refractivity contribution is -0.126. The number of nitrogens with zero attached hydrogens (tertiary/aromatic N) is 1. The molecule has 3 rings (SSSR count). The summed E-state index contributed by atoms with van der Waals surface area (Å²) in [6, 6.07) is 10.1. The highest BCUT2D eigenvalue weighted by Gasteiger charge is 2.42. The number of rotatable bonds is 6. The van der Waals surface area contributed by atoms with E-state index in [1.807, 2.05) is 24.3 Å². The highest BCUT2D eigenvalue weighted by Crippen LogP contribution is 2.41. The minimum absolute atomic E-state index is 0.148. The van der Waals surface area contributed by atoms with Crippen LogP contribution in [-0.4, -0.2) is 31.4 Å². The van der Waals surface area contributed by atoms with Gasteiger partial charge in [0.15, 0.2) is 0 Å². The molecular formula is C20H25ClN2OS. The average molecular weight is 377 g/mol. The molecule has 1 aromatic carbocycles. The molecule has 1 heterocycles. The van der Waals surface area contributed by atoms with Crippen LogP contribution < -0.4 is 5.32 Å². The van der Waals surface area contributed by atoms with Crippen LogP contribution in [-0.2, 0) is 10.2 Å². The third kappa shape index (κ3) is 3.91. The van der Waals surface area contributed by atoms with Crippen molar-refractivity contribution in [3.63, 3.8) is 0 Å². The summed E-state index contributed by atoms with van der Waals surface area (Å²) in [4.78, 5) is 15.3. The standard InChI is InChI=1S/C20H25ClN2OS/c1-23(2)18(15-9-12-25-14-15)13-22-19(24)20(10-3-4-11-20)16-5-7-17(21)8-6-16/h5-9,12,14,18H,3-4,10-11,13H2,1-2H3,(H,22,24). The minimum Gasteiger partial charge on any atom is -0.353 e. The Morgan fingerprint density at radius 3 is 2.48 bits per heavy atom. The minimum atomic E-state index is -0.407. The molecule has 1 fully saturated rings. The molecule has 1 saturated carbocycles. The van der Waals surface area contributed by atoms with Crippen molar-refractivity contribution < 1.29 is 4.79 Å². The van der Waals surface area contributed by atoms with E-state index in [2.05, 4.69) is 41.1 Å². The van der Waals surface area contributed by atoms with E-state index in [0.29, 0.717) is 11.6 Å². The molecule has 1 aliphatic carbocycles. The van der Waals surface area contributed by atoms with Crippen LogP contribution in [0.1, 0.15) is 42.9 Å². The van der Waals surface area contributed by atoms with E-state index in [-0.39, 0.29) is 11.9 Å². The third-order valence-electron chi connectivity index (χ3n) is 5.30. The Morgan fingerprint density at radius 1 is 1.24 bits per heavy atom. The fraction of sp³-hybridized carbons (Fsp3) is 0.450. The number of halogens is 1. The van der Waals surface area contributed by atoms with Gasteiger partial charge in [0.05, 0.1) is 11.5 Å². The van der Waals surface area contributed by atoms with Crippen molar-refractivity contribution in [3.05, 3.63) is 57.2 Å². The molecule has 0 bridgehead atoms. The van der Waals surface area contributed by atoms with Crippen molar-refractivity contribution >= 4 is 28.8 Å². The second kappa shape index (κ2) is 7.90. The Labute approximate surface area is 159 Å². The normalized spacial score (nSPS) is 17.6. The van der Waals surface area contributed by atoms with Gasteiger partial charge in [-0.05, 0) is 67.0 Å². The molecule has 0 aliphatic heterocycles. The van der Waals surface area contributed by atoms with Gasteiger partial charge >= 0.3 is 0 Å². The van der Waals surface area contributed by atoms with Gasteiger partial charge in [0, 0.05) is 11.6 Å². The molecule has 1 amide bonds. The molecule has 0 saturated heterocycles. The highest BCUT2D eigenvalue weighted by atomic mass is 35.5. The first-order valence-corrected chi connectivity index (χ1v) is 10.1. The van der Waals surface area contributed by atoms with Gasteiger partial charge in [-0.15, -0.1) is 0 Å². The molecule has 25 heavy (non-hydrogen) atoms. The van der Waals surface area contributed by atoms with Crippen LogP contribution in [0.2, 0.25) is 5.02 Å². The maximum Gasteiger partial charge on any atom is 0.230 e. The summed E-state index contributed by atoms with van der Waals surface area (Å²) in [5.74, 6) is 0.148. The van der Waals surface area contributed by atoms with Crippen molar-refractivity contribution in [2.24, 2.45) is 0 Å². The SMILES string of the molecule is CN(C)C(CNC(=O)C1(c2ccc(Cl)cc2)CCCC1)c1ccsc1. The molecule has 0 spiro atoms. The largest absolute Gasteiger partial charge is 0.353 e. The summed E-state index contributed by atoms with van der Waals surface area (Å²) < 4.78 is 0. The predicted molar refractivity (Wildman–Crippen MR) is 105 cm³/mol. The number of likely N-dealkylation sites (N-methyl/N-ethyl adjacent to an activating group) is 1. The number of amides is 1. The summed E-state index contributed by atoms with van der Waals surface area (Å²) in [6.07, 6.45) is 4.01. The number of nitrogens with one attached hydrogen (secondary N) is 1. The molecular weight excluding hydrogens is 352 g/mol. The lowest BCUT2D eigenvalue weighted by Gasteiger charge is -2.31. The van der Waals surface area contributed by atoms with Crippen LogP contribution in [0, 0.1) is 0 Å². The number of benzene rings is 1. The number of carbonyl (C=O) groups is 1. The van der Waals surface area contributed by atoms with Crippen LogP contribution in [0.15, 0.2) is 41.1 Å². The van der Waals surface area contributed by atoms with Crippen LogP contribution in [0.4, 0.5) is 0 Å². The van der Waals surface area contributed by atoms with Crippen molar-refractivity contribution in [1.29, 1.82) is 0 Å². The maximum atomic E-state index is 13.2. The first kappa shape index (κ1) is 18.4. The average Bonchev–Trinajstić information content (AvgIpc) is 3.28. The molecule has 1 unspecified atom stereocenters. The smallest absolute Gasteiger partial charge is 0.230 e. The van der Waals surface area contributed by atoms with Crippen molar-refractivity contribution in [1.82, 2.24) is 10.2 Å². The van der Waals surface area contributed by atoms with Gasteiger partial charge in [0.2, 0.25) is 5.91 Å². The van der Waals surface area contributed by atoms with Crippen molar-refractivity contribution in [2.75, 3.05) is 20.6 Å². The molecule has 1 aliphatic rings. The number of thiophene rings is 1. The summed E-state index contributed by atoms with van der Waals surface area (Å²) in [7, 11) is 4.11. The Kier molecular flexibility index (Phi) is 5.82. The van der Waals surface area contributed by atoms with Gasteiger partial charge in [-0.1, -0.05) is 36.6 Å². The fourth-order valence-corrected chi connectivity index (χ4v) is 4.65. The van der Waals surface area contributed by atoms with Crippen molar-refractivity contribution in [3.8, 4) is 0 Å². The quantitative estimate of drug-likeness (QED) is 0.796. The van der Waals surface area contributed by atoms with E-state index in [1.54, 1.807) is 11.3 Å². The Balaban J connectivity index is 1.76. The van der Waals surface area contributed by atoms with E-state index in [0.717, 1.165) is 31.2 Å². The Bertz CT molecular complexity index is 691. The second-order valence-corrected chi connectivity index (χ2v) is 8.26. The first-order valence-electron chi connectivity index (χ1n) is 8.76. The summed E-state index contributed by atoms with van der Waals surface area (Å²) in [5, 5.41) is 8.19. The van der Waals surface area contributed by atoms with E-state index in [1.165, 1.54) is 5.56 Å². The maximum absolute atomic E-state index is 13.2. The molecule has 1 atom stereocenters. The van der Waals surface area contributed by atoms with E-state index in [4.69, 9.17) is 11.6 Å². The van der Waals surface area contributed by atoms with Crippen LogP contribution in [0.3, 0.4) is 0 Å². The van der Waals surface area contributed by atoms with E-state index < -0.39 is 5.41 Å². The number of hydrogen-bond donors (Lipinski definition) is 1. The van der Waals surface area contributed by atoms with E-state index in [9.17, 15) is 4.79 Å². The third-order valence-corrected chi connectivity index (χ3v) is 6.25. The number of carbonyl (C=O) groups excluding carboxylic acids is 1. The molecule has 1 N–H and O–H groups in total. The Hall–Kier alpha value is -1.36. The van der Waals surface area contributed by atoms with Gasteiger partial charge in [-0.25, -0.2) is 0 Å². The van der Waals surface area contributed by atoms with Crippen molar-refractivity contribution in [2.45, 2.75) is 37.1 Å². The van der Waals surface area contributed by atoms with Crippen LogP contribution in [0.25, 0.3) is 0 Å². The zero-order valence-electron chi connectivity index (χ0n) is 14.8. The second-order valence-electron chi connectivity index (χ2n) is 7.04. The molecule has 3 nitrogen and oxygen atoms in total. The Morgan fingerprint density at radius 2 is 1.92 bits per heavy atom. The van der Waals surface area contributed by atoms with Gasteiger partial charge in [-0.3, -0.25) is 4.79 Å². The van der Waals surface area contributed by atoms with Crippen LogP contribution in [0.5, 0.6) is 0 Å².